The maximum atomic E-state index is 13.0. The second-order valence-electron chi connectivity index (χ2n) is 8.46. The number of amides is 6. The van der Waals surface area contributed by atoms with Crippen molar-refractivity contribution in [1.82, 2.24) is 26.6 Å². The minimum atomic E-state index is -1.99. The van der Waals surface area contributed by atoms with Gasteiger partial charge in [-0.1, -0.05) is 0 Å². The Morgan fingerprint density at radius 1 is 0.974 bits per heavy atom. The van der Waals surface area contributed by atoms with E-state index in [-0.39, 0.29) is 0 Å². The van der Waals surface area contributed by atoms with Gasteiger partial charge in [-0.3, -0.25) is 38.4 Å². The molecule has 1 aliphatic rings. The summed E-state index contributed by atoms with van der Waals surface area (Å²) in [7, 11) is 0. The van der Waals surface area contributed by atoms with E-state index in [9.17, 15) is 48.6 Å². The Balaban J connectivity index is 3.53. The number of aliphatic hydroxyl groups is 1. The van der Waals surface area contributed by atoms with Crippen molar-refractivity contribution in [3.63, 3.8) is 0 Å². The van der Waals surface area contributed by atoms with Gasteiger partial charge >= 0.3 is 11.9 Å². The van der Waals surface area contributed by atoms with E-state index in [4.69, 9.17) is 16.6 Å². The van der Waals surface area contributed by atoms with E-state index in [1.54, 1.807) is 0 Å². The maximum absolute atomic E-state index is 13.0. The van der Waals surface area contributed by atoms with Gasteiger partial charge in [0, 0.05) is 5.75 Å². The Labute approximate surface area is 225 Å². The van der Waals surface area contributed by atoms with Gasteiger partial charge in [0.1, 0.15) is 35.5 Å². The zero-order chi connectivity index (χ0) is 30.0. The lowest BCUT2D eigenvalue weighted by molar-refractivity contribution is -0.143. The lowest BCUT2D eigenvalue weighted by Gasteiger charge is -2.28. The van der Waals surface area contributed by atoms with Gasteiger partial charge in [0.2, 0.25) is 35.4 Å². The van der Waals surface area contributed by atoms with Crippen LogP contribution < -0.4 is 38.1 Å². The highest BCUT2D eigenvalue weighted by atomic mass is 32.2. The van der Waals surface area contributed by atoms with Crippen LogP contribution in [0.3, 0.4) is 0 Å². The third kappa shape index (κ3) is 10.0. The van der Waals surface area contributed by atoms with Crippen molar-refractivity contribution < 1.29 is 53.7 Å². The van der Waals surface area contributed by atoms with E-state index in [1.165, 1.54) is 6.92 Å². The van der Waals surface area contributed by atoms with E-state index < -0.39 is 108 Å². The van der Waals surface area contributed by atoms with E-state index in [2.05, 4.69) is 21.3 Å². The molecule has 6 amide bonds. The molecule has 1 rings (SSSR count). The fourth-order valence-electron chi connectivity index (χ4n) is 3.05. The van der Waals surface area contributed by atoms with Crippen LogP contribution in [-0.2, 0) is 38.4 Å². The highest BCUT2D eigenvalue weighted by molar-refractivity contribution is 8.00. The maximum Gasteiger partial charge on any atom is 0.325 e. The molecule has 1 heterocycles. The lowest BCUT2D eigenvalue weighted by Crippen LogP contribution is -2.62. The molecule has 0 aromatic heterocycles. The molecule has 19 heteroatoms. The first kappa shape index (κ1) is 33.1. The number of carboxylic acids is 2. The molecule has 18 nitrogen and oxygen atoms in total. The summed E-state index contributed by atoms with van der Waals surface area (Å²) in [5.74, 6) is -10.2. The van der Waals surface area contributed by atoms with Gasteiger partial charge in [-0.05, 0) is 13.8 Å². The molecule has 1 saturated heterocycles. The molecule has 7 atom stereocenters. The van der Waals surface area contributed by atoms with Crippen LogP contribution in [0.5, 0.6) is 0 Å². The summed E-state index contributed by atoms with van der Waals surface area (Å²) in [4.78, 5) is 98.3. The third-order valence-corrected chi connectivity index (χ3v) is 6.64. The summed E-state index contributed by atoms with van der Waals surface area (Å²) in [6.07, 6.45) is -0.802. The van der Waals surface area contributed by atoms with Crippen LogP contribution in [0.4, 0.5) is 0 Å². The van der Waals surface area contributed by atoms with Crippen molar-refractivity contribution in [3.05, 3.63) is 0 Å². The monoisotopic (exact) mass is 577 g/mol. The number of nitrogens with one attached hydrogen (secondary N) is 5. The number of aliphatic hydroxyl groups excluding tert-OH is 1. The number of carboxylic acid groups (broad SMARTS) is 2. The Morgan fingerprint density at radius 2 is 1.54 bits per heavy atom. The second kappa shape index (κ2) is 14.8. The minimum absolute atomic E-state index is 0.427. The molecule has 0 spiro atoms. The van der Waals surface area contributed by atoms with Crippen LogP contribution in [0, 0.1) is 0 Å². The molecule has 218 valence electrons. The van der Waals surface area contributed by atoms with E-state index in [0.29, 0.717) is 11.8 Å². The Kier molecular flexibility index (Phi) is 12.6. The Hall–Kier alpha value is -3.97. The van der Waals surface area contributed by atoms with Crippen LogP contribution in [0.1, 0.15) is 20.3 Å². The molecule has 12 N–H and O–H groups in total. The van der Waals surface area contributed by atoms with Crippen molar-refractivity contribution >= 4 is 59.1 Å². The SMILES string of the molecule is C[C@H](NC(=O)C1NC(=O)C(CC(N)=O)NC(=O)[C@H](C)NC(=O)C(CO)NC(=O)[C@@H](N)CSC1C(=O)O)C(=O)O. The normalized spacial score (nSPS) is 28.1. The summed E-state index contributed by atoms with van der Waals surface area (Å²) >= 11 is 0.427. The largest absolute Gasteiger partial charge is 0.480 e. The van der Waals surface area contributed by atoms with Gasteiger partial charge in [0.05, 0.1) is 19.1 Å². The van der Waals surface area contributed by atoms with Gasteiger partial charge in [-0.15, -0.1) is 11.8 Å². The molecular formula is C20H31N7O11S. The number of carbonyl (C=O) groups excluding carboxylic acids is 6. The molecule has 39 heavy (non-hydrogen) atoms. The number of nitrogens with two attached hydrogens (primary N) is 2. The number of thioether (sulfide) groups is 1. The van der Waals surface area contributed by atoms with E-state index in [1.807, 2.05) is 5.32 Å². The molecule has 1 fully saturated rings. The van der Waals surface area contributed by atoms with Gasteiger partial charge < -0.3 is 53.4 Å². The fraction of sp³-hybridized carbons (Fsp3) is 0.600. The van der Waals surface area contributed by atoms with Crippen LogP contribution in [0.25, 0.3) is 0 Å². The molecule has 0 bridgehead atoms. The second-order valence-corrected chi connectivity index (χ2v) is 9.63. The number of aliphatic carboxylic acids is 2. The first-order chi connectivity index (χ1) is 18.1. The van der Waals surface area contributed by atoms with Gasteiger partial charge in [-0.2, -0.15) is 0 Å². The molecule has 4 unspecified atom stereocenters. The minimum Gasteiger partial charge on any atom is -0.480 e. The summed E-state index contributed by atoms with van der Waals surface area (Å²) in [5.41, 5.74) is 10.9. The predicted molar refractivity (Wildman–Crippen MR) is 131 cm³/mol. The number of hydrogen-bond acceptors (Lipinski definition) is 11. The van der Waals surface area contributed by atoms with E-state index in [0.717, 1.165) is 6.92 Å². The number of carbonyl (C=O) groups is 8. The zero-order valence-corrected chi connectivity index (χ0v) is 21.6. The molecule has 0 saturated carbocycles. The van der Waals surface area contributed by atoms with Crippen molar-refractivity contribution in [2.45, 2.75) is 61.8 Å². The van der Waals surface area contributed by atoms with Crippen molar-refractivity contribution in [2.24, 2.45) is 11.5 Å². The van der Waals surface area contributed by atoms with Crippen LogP contribution in [-0.4, -0.2) is 117 Å². The highest BCUT2D eigenvalue weighted by Crippen LogP contribution is 2.18. The standard InChI is InChI=1S/C20H31N7O11S/c1-6-14(30)25-9(3-11(22)29)16(32)27-12(18(34)24-7(2)19(35)36)13(20(37)38)39-5-8(21)15(31)26-10(4-28)17(33)23-6/h6-10,12-13,28H,3-5,21H2,1-2H3,(H2,22,29)(H,23,33)(H,24,34)(H,25,30)(H,26,31)(H,27,32)(H,35,36)(H,37,38)/t6-,7-,8-,9?,10?,12?,13?/m0/s1. The van der Waals surface area contributed by atoms with Gasteiger partial charge in [-0.25, -0.2) is 0 Å². The van der Waals surface area contributed by atoms with Crippen molar-refractivity contribution in [2.75, 3.05) is 12.4 Å². The van der Waals surface area contributed by atoms with Crippen LogP contribution >= 0.6 is 11.8 Å². The molecule has 0 radical (unpaired) electrons. The zero-order valence-electron chi connectivity index (χ0n) is 20.8. The molecule has 0 aromatic carbocycles. The first-order valence-electron chi connectivity index (χ1n) is 11.3. The van der Waals surface area contributed by atoms with Crippen LogP contribution in [0.2, 0.25) is 0 Å². The average molecular weight is 578 g/mol. The average Bonchev–Trinajstić information content (AvgIpc) is 2.84. The highest BCUT2D eigenvalue weighted by Gasteiger charge is 2.39. The van der Waals surface area contributed by atoms with Crippen molar-refractivity contribution in [3.8, 4) is 0 Å². The molecule has 0 aromatic rings. The summed E-state index contributed by atoms with van der Waals surface area (Å²) in [6.45, 7) is 1.35. The van der Waals surface area contributed by atoms with Crippen LogP contribution in [0.15, 0.2) is 0 Å². The molecular weight excluding hydrogens is 546 g/mol. The van der Waals surface area contributed by atoms with Gasteiger partial charge in [0.25, 0.3) is 0 Å². The number of hydrogen-bond donors (Lipinski definition) is 10. The van der Waals surface area contributed by atoms with E-state index >= 15 is 0 Å². The van der Waals surface area contributed by atoms with Gasteiger partial charge in [0.15, 0.2) is 0 Å². The number of primary amides is 1. The Morgan fingerprint density at radius 3 is 2.05 bits per heavy atom. The first-order valence-corrected chi connectivity index (χ1v) is 12.4. The summed E-state index contributed by atoms with van der Waals surface area (Å²) in [6, 6.07) is -9.67. The summed E-state index contributed by atoms with van der Waals surface area (Å²) in [5, 5.41) is 37.1. The number of rotatable bonds is 7. The quantitative estimate of drug-likeness (QED) is 0.135. The fourth-order valence-corrected chi connectivity index (χ4v) is 4.14. The van der Waals surface area contributed by atoms with Crippen molar-refractivity contribution in [1.29, 1.82) is 0 Å². The smallest absolute Gasteiger partial charge is 0.325 e. The topological polar surface area (TPSA) is 309 Å². The Bertz CT molecular complexity index is 1010. The molecule has 1 aliphatic heterocycles. The lowest BCUT2D eigenvalue weighted by atomic mass is 10.1. The third-order valence-electron chi connectivity index (χ3n) is 5.25. The molecule has 0 aliphatic carbocycles. The summed E-state index contributed by atoms with van der Waals surface area (Å²) < 4.78 is 0. The predicted octanol–water partition coefficient (Wildman–Crippen LogP) is -6.07.